The molecule has 0 fully saturated rings. The van der Waals surface area contributed by atoms with Crippen LogP contribution in [0.3, 0.4) is 0 Å². The lowest BCUT2D eigenvalue weighted by atomic mass is 9.94. The lowest BCUT2D eigenvalue weighted by molar-refractivity contribution is 0.00449. The van der Waals surface area contributed by atoms with Crippen molar-refractivity contribution in [3.63, 3.8) is 0 Å². The van der Waals surface area contributed by atoms with Crippen molar-refractivity contribution in [3.05, 3.63) is 24.0 Å². The largest absolute Gasteiger partial charge is 0.495 e. The highest BCUT2D eigenvalue weighted by Crippen LogP contribution is 2.26. The summed E-state index contributed by atoms with van der Waals surface area (Å²) in [5, 5.41) is 3.32. The molecule has 18 heavy (non-hydrogen) atoms. The lowest BCUT2D eigenvalue weighted by Gasteiger charge is -2.30. The molecule has 1 aromatic rings. The Morgan fingerprint density at radius 3 is 2.56 bits per heavy atom. The molecule has 1 aromatic heterocycles. The number of nitrogens with zero attached hydrogens (tertiary/aromatic N) is 1. The fraction of sp³-hybridized carbons (Fsp3) is 0.643. The van der Waals surface area contributed by atoms with Crippen molar-refractivity contribution in [1.29, 1.82) is 0 Å². The number of methoxy groups -OCH3 is 1. The van der Waals surface area contributed by atoms with Crippen LogP contribution in [0.5, 0.6) is 5.75 Å². The minimum atomic E-state index is 0.118. The molecule has 0 bridgehead atoms. The first kappa shape index (κ1) is 14.9. The van der Waals surface area contributed by atoms with Gasteiger partial charge in [0.15, 0.2) is 0 Å². The maximum absolute atomic E-state index is 5.85. The number of hydrogen-bond acceptors (Lipinski definition) is 4. The third kappa shape index (κ3) is 3.68. The zero-order valence-corrected chi connectivity index (χ0v) is 11.9. The average molecular weight is 252 g/mol. The first-order valence-electron chi connectivity index (χ1n) is 6.41. The summed E-state index contributed by atoms with van der Waals surface area (Å²) in [4.78, 5) is 4.21. The summed E-state index contributed by atoms with van der Waals surface area (Å²) in [6.45, 7) is 7.06. The van der Waals surface area contributed by atoms with Gasteiger partial charge >= 0.3 is 0 Å². The highest BCUT2D eigenvalue weighted by Gasteiger charge is 2.25. The van der Waals surface area contributed by atoms with Gasteiger partial charge in [0.2, 0.25) is 0 Å². The smallest absolute Gasteiger partial charge is 0.137 e. The van der Waals surface area contributed by atoms with Crippen LogP contribution in [0.25, 0.3) is 0 Å². The highest BCUT2D eigenvalue weighted by molar-refractivity contribution is 5.26. The Balaban J connectivity index is 2.98. The molecule has 0 spiro atoms. The Morgan fingerprint density at radius 1 is 1.33 bits per heavy atom. The number of nitrogens with one attached hydrogen (secondary N) is 1. The second-order valence-corrected chi connectivity index (χ2v) is 4.59. The predicted molar refractivity (Wildman–Crippen MR) is 72.8 cm³/mol. The quantitative estimate of drug-likeness (QED) is 0.809. The molecule has 1 N–H and O–H groups in total. The molecule has 0 aromatic carbocycles. The van der Waals surface area contributed by atoms with Gasteiger partial charge in [-0.1, -0.05) is 13.8 Å². The fourth-order valence-electron chi connectivity index (χ4n) is 2.10. The molecule has 0 radical (unpaired) electrons. The van der Waals surface area contributed by atoms with E-state index in [-0.39, 0.29) is 12.1 Å². The monoisotopic (exact) mass is 252 g/mol. The van der Waals surface area contributed by atoms with E-state index >= 15 is 0 Å². The molecule has 0 amide bonds. The van der Waals surface area contributed by atoms with Gasteiger partial charge in [0.25, 0.3) is 0 Å². The molecule has 0 saturated carbocycles. The number of ether oxygens (including phenoxy) is 2. The summed E-state index contributed by atoms with van der Waals surface area (Å²) in [6, 6.07) is 2.12. The Labute approximate surface area is 110 Å². The molecule has 4 heteroatoms. The Kier molecular flexibility index (Phi) is 6.09. The van der Waals surface area contributed by atoms with E-state index in [2.05, 4.69) is 24.1 Å². The van der Waals surface area contributed by atoms with Gasteiger partial charge in [0, 0.05) is 12.8 Å². The molecular weight excluding hydrogens is 228 g/mol. The van der Waals surface area contributed by atoms with Crippen LogP contribution in [-0.4, -0.2) is 31.9 Å². The Morgan fingerprint density at radius 2 is 2.06 bits per heavy atom. The van der Waals surface area contributed by atoms with Crippen molar-refractivity contribution in [2.24, 2.45) is 5.92 Å². The van der Waals surface area contributed by atoms with E-state index in [1.807, 2.05) is 26.2 Å². The molecule has 2 atom stereocenters. The van der Waals surface area contributed by atoms with E-state index in [0.717, 1.165) is 11.3 Å². The van der Waals surface area contributed by atoms with E-state index in [4.69, 9.17) is 9.47 Å². The SMILES string of the molecule is CCOC(C(C)C)C(NC)c1cncc(OC)c1. The molecule has 0 saturated heterocycles. The van der Waals surface area contributed by atoms with Crippen molar-refractivity contribution >= 4 is 0 Å². The van der Waals surface area contributed by atoms with Crippen LogP contribution in [0, 0.1) is 5.92 Å². The Bertz CT molecular complexity index is 355. The summed E-state index contributed by atoms with van der Waals surface area (Å²) < 4.78 is 11.1. The number of hydrogen-bond donors (Lipinski definition) is 1. The van der Waals surface area contributed by atoms with Gasteiger partial charge in [0.1, 0.15) is 5.75 Å². The van der Waals surface area contributed by atoms with Crippen LogP contribution in [0.2, 0.25) is 0 Å². The van der Waals surface area contributed by atoms with Crippen LogP contribution in [0.15, 0.2) is 18.5 Å². The molecule has 0 aliphatic heterocycles. The van der Waals surface area contributed by atoms with Gasteiger partial charge < -0.3 is 14.8 Å². The number of likely N-dealkylation sites (N-methyl/N-ethyl adjacent to an activating group) is 1. The molecule has 0 aliphatic rings. The lowest BCUT2D eigenvalue weighted by Crippen LogP contribution is -2.35. The van der Waals surface area contributed by atoms with E-state index in [0.29, 0.717) is 12.5 Å². The molecule has 4 nitrogen and oxygen atoms in total. The van der Waals surface area contributed by atoms with Crippen LogP contribution in [-0.2, 0) is 4.74 Å². The number of pyridine rings is 1. The third-order valence-electron chi connectivity index (χ3n) is 2.98. The maximum Gasteiger partial charge on any atom is 0.137 e. The summed E-state index contributed by atoms with van der Waals surface area (Å²) >= 11 is 0. The Hall–Kier alpha value is -1.13. The normalized spacial score (nSPS) is 14.6. The first-order valence-corrected chi connectivity index (χ1v) is 6.41. The second-order valence-electron chi connectivity index (χ2n) is 4.59. The molecule has 0 aliphatic carbocycles. The third-order valence-corrected chi connectivity index (χ3v) is 2.98. The number of rotatable bonds is 7. The summed E-state index contributed by atoms with van der Waals surface area (Å²) in [5.74, 6) is 1.19. The highest BCUT2D eigenvalue weighted by atomic mass is 16.5. The van der Waals surface area contributed by atoms with Crippen LogP contribution >= 0.6 is 0 Å². The first-order chi connectivity index (χ1) is 8.63. The molecule has 102 valence electrons. The van der Waals surface area contributed by atoms with Crippen molar-refractivity contribution in [3.8, 4) is 5.75 Å². The van der Waals surface area contributed by atoms with Crippen LogP contribution < -0.4 is 10.1 Å². The predicted octanol–water partition coefficient (Wildman–Crippen LogP) is 2.41. The summed E-state index contributed by atoms with van der Waals surface area (Å²) in [5.41, 5.74) is 1.09. The van der Waals surface area contributed by atoms with E-state index in [1.165, 1.54) is 0 Å². The van der Waals surface area contributed by atoms with Gasteiger partial charge in [-0.15, -0.1) is 0 Å². The topological polar surface area (TPSA) is 43.4 Å². The summed E-state index contributed by atoms with van der Waals surface area (Å²) in [6.07, 6.45) is 3.69. The van der Waals surface area contributed by atoms with Crippen LogP contribution in [0.1, 0.15) is 32.4 Å². The maximum atomic E-state index is 5.85. The van der Waals surface area contributed by atoms with Crippen molar-refractivity contribution in [1.82, 2.24) is 10.3 Å². The van der Waals surface area contributed by atoms with Crippen LogP contribution in [0.4, 0.5) is 0 Å². The van der Waals surface area contributed by atoms with Gasteiger partial charge in [-0.2, -0.15) is 0 Å². The van der Waals surface area contributed by atoms with Crippen molar-refractivity contribution in [2.45, 2.75) is 32.9 Å². The average Bonchev–Trinajstić information content (AvgIpc) is 2.38. The van der Waals surface area contributed by atoms with E-state index in [9.17, 15) is 0 Å². The minimum absolute atomic E-state index is 0.118. The standard InChI is InChI=1S/C14H24N2O2/c1-6-18-14(10(2)3)13(15-4)11-7-12(17-5)9-16-8-11/h7-10,13-15H,6H2,1-5H3. The zero-order chi connectivity index (χ0) is 13.5. The van der Waals surface area contributed by atoms with Gasteiger partial charge in [-0.3, -0.25) is 4.98 Å². The van der Waals surface area contributed by atoms with E-state index in [1.54, 1.807) is 13.3 Å². The van der Waals surface area contributed by atoms with Gasteiger partial charge in [0.05, 0.1) is 25.5 Å². The molecule has 2 unspecified atom stereocenters. The molecule has 1 heterocycles. The van der Waals surface area contributed by atoms with Crippen molar-refractivity contribution < 1.29 is 9.47 Å². The molecule has 1 rings (SSSR count). The van der Waals surface area contributed by atoms with Gasteiger partial charge in [-0.25, -0.2) is 0 Å². The fourth-order valence-corrected chi connectivity index (χ4v) is 2.10. The second kappa shape index (κ2) is 7.34. The minimum Gasteiger partial charge on any atom is -0.495 e. The number of aromatic nitrogens is 1. The van der Waals surface area contributed by atoms with Crippen molar-refractivity contribution in [2.75, 3.05) is 20.8 Å². The molecular formula is C14H24N2O2. The zero-order valence-electron chi connectivity index (χ0n) is 11.9. The summed E-state index contributed by atoms with van der Waals surface area (Å²) in [7, 11) is 3.59. The van der Waals surface area contributed by atoms with E-state index < -0.39 is 0 Å². The van der Waals surface area contributed by atoms with Gasteiger partial charge in [-0.05, 0) is 31.5 Å².